The fourth-order valence-corrected chi connectivity index (χ4v) is 4.75. The molecule has 1 unspecified atom stereocenters. The molecule has 1 aromatic carbocycles. The molecule has 160 valence electrons. The highest BCUT2D eigenvalue weighted by Crippen LogP contribution is 2.23. The van der Waals surface area contributed by atoms with Crippen LogP contribution in [0.5, 0.6) is 0 Å². The number of benzene rings is 1. The molecule has 1 N–H and O–H groups in total. The van der Waals surface area contributed by atoms with Gasteiger partial charge in [-0.2, -0.15) is 0 Å². The van der Waals surface area contributed by atoms with Crippen LogP contribution in [0.2, 0.25) is 0 Å². The van der Waals surface area contributed by atoms with Crippen LogP contribution in [-0.4, -0.2) is 52.9 Å². The molecule has 2 aliphatic heterocycles. The van der Waals surface area contributed by atoms with Crippen molar-refractivity contribution < 1.29 is 4.79 Å². The van der Waals surface area contributed by atoms with Crippen molar-refractivity contribution in [1.29, 1.82) is 0 Å². The molecule has 0 radical (unpaired) electrons. The van der Waals surface area contributed by atoms with E-state index in [9.17, 15) is 4.79 Å². The van der Waals surface area contributed by atoms with Crippen LogP contribution in [0.3, 0.4) is 0 Å². The predicted molar refractivity (Wildman–Crippen MR) is 120 cm³/mol. The van der Waals surface area contributed by atoms with Gasteiger partial charge in [0.05, 0.1) is 0 Å². The van der Waals surface area contributed by atoms with Gasteiger partial charge in [0.2, 0.25) is 5.91 Å². The minimum atomic E-state index is 0.236. The molecule has 3 heterocycles. The number of carbonyl (C=O) groups excluding carboxylic acids is 1. The topological polar surface area (TPSA) is 48.5 Å². The Bertz CT molecular complexity index is 774. The smallest absolute Gasteiger partial charge is 0.220 e. The maximum atomic E-state index is 12.5. The number of piperidine rings is 1. The highest BCUT2D eigenvalue weighted by atomic mass is 16.1. The predicted octanol–water partition coefficient (Wildman–Crippen LogP) is 3.46. The molecule has 30 heavy (non-hydrogen) atoms. The van der Waals surface area contributed by atoms with E-state index in [1.54, 1.807) is 0 Å². The largest absolute Gasteiger partial charge is 0.352 e. The van der Waals surface area contributed by atoms with Crippen LogP contribution in [-0.2, 0) is 17.9 Å². The highest BCUT2D eigenvalue weighted by molar-refractivity contribution is 5.76. The van der Waals surface area contributed by atoms with Gasteiger partial charge in [-0.1, -0.05) is 36.4 Å². The Morgan fingerprint density at radius 2 is 1.67 bits per heavy atom. The molecule has 4 rings (SSSR count). The van der Waals surface area contributed by atoms with E-state index in [0.29, 0.717) is 18.4 Å². The lowest BCUT2D eigenvalue weighted by molar-refractivity contribution is -0.122. The lowest BCUT2D eigenvalue weighted by Gasteiger charge is -2.31. The number of pyridine rings is 1. The van der Waals surface area contributed by atoms with Crippen LogP contribution >= 0.6 is 0 Å². The Kier molecular flexibility index (Phi) is 7.49. The minimum Gasteiger partial charge on any atom is -0.352 e. The van der Waals surface area contributed by atoms with Crippen molar-refractivity contribution in [3.05, 3.63) is 66.0 Å². The number of nitrogens with zero attached hydrogens (tertiary/aromatic N) is 3. The zero-order chi connectivity index (χ0) is 20.6. The van der Waals surface area contributed by atoms with E-state index in [1.807, 2.05) is 18.5 Å². The monoisotopic (exact) mass is 406 g/mol. The average molecular weight is 407 g/mol. The van der Waals surface area contributed by atoms with Crippen molar-refractivity contribution in [3.63, 3.8) is 0 Å². The Hall–Kier alpha value is -2.24. The van der Waals surface area contributed by atoms with Crippen molar-refractivity contribution >= 4 is 5.91 Å². The summed E-state index contributed by atoms with van der Waals surface area (Å²) in [4.78, 5) is 21.6. The van der Waals surface area contributed by atoms with E-state index in [4.69, 9.17) is 0 Å². The molecule has 2 aliphatic rings. The van der Waals surface area contributed by atoms with Gasteiger partial charge in [0, 0.05) is 51.0 Å². The number of carbonyl (C=O) groups is 1. The molecule has 5 heteroatoms. The van der Waals surface area contributed by atoms with Crippen LogP contribution in [0.15, 0.2) is 54.9 Å². The van der Waals surface area contributed by atoms with Gasteiger partial charge in [-0.3, -0.25) is 19.6 Å². The first kappa shape index (κ1) is 21.0. The Morgan fingerprint density at radius 3 is 2.43 bits per heavy atom. The van der Waals surface area contributed by atoms with Crippen molar-refractivity contribution in [2.45, 2.75) is 51.2 Å². The van der Waals surface area contributed by atoms with Gasteiger partial charge in [0.25, 0.3) is 0 Å². The standard InChI is InChI=1S/C25H34N4O/c30-25(27-24-12-16-29(20-24)18-22-5-2-1-3-6-22)9-8-21-10-14-28(15-11-21)19-23-7-4-13-26-17-23/h1-7,13,17,21,24H,8-12,14-16,18-20H2,(H,27,30). The molecule has 0 bridgehead atoms. The van der Waals surface area contributed by atoms with Crippen molar-refractivity contribution in [1.82, 2.24) is 20.1 Å². The molecule has 0 aliphatic carbocycles. The fraction of sp³-hybridized carbons (Fsp3) is 0.520. The van der Waals surface area contributed by atoms with E-state index < -0.39 is 0 Å². The number of hydrogen-bond acceptors (Lipinski definition) is 4. The highest BCUT2D eigenvalue weighted by Gasteiger charge is 2.25. The molecule has 1 aromatic heterocycles. The maximum Gasteiger partial charge on any atom is 0.220 e. The van der Waals surface area contributed by atoms with Gasteiger partial charge < -0.3 is 5.32 Å². The van der Waals surface area contributed by atoms with Crippen LogP contribution in [0.1, 0.15) is 43.2 Å². The second kappa shape index (κ2) is 10.7. The Morgan fingerprint density at radius 1 is 0.933 bits per heavy atom. The van der Waals surface area contributed by atoms with Crippen LogP contribution < -0.4 is 5.32 Å². The number of aromatic nitrogens is 1. The quantitative estimate of drug-likeness (QED) is 0.729. The molecule has 5 nitrogen and oxygen atoms in total. The van der Waals surface area contributed by atoms with Crippen LogP contribution in [0.4, 0.5) is 0 Å². The first-order valence-electron chi connectivity index (χ1n) is 11.4. The summed E-state index contributed by atoms with van der Waals surface area (Å²) in [6.45, 7) is 6.24. The zero-order valence-electron chi connectivity index (χ0n) is 17.9. The summed E-state index contributed by atoms with van der Waals surface area (Å²) in [5.74, 6) is 0.915. The third kappa shape index (κ3) is 6.38. The summed E-state index contributed by atoms with van der Waals surface area (Å²) in [5, 5.41) is 3.28. The molecule has 2 aromatic rings. The molecule has 1 amide bonds. The number of likely N-dealkylation sites (tertiary alicyclic amines) is 2. The normalized spacial score (nSPS) is 21.0. The lowest BCUT2D eigenvalue weighted by Crippen LogP contribution is -2.37. The fourth-order valence-electron chi connectivity index (χ4n) is 4.75. The molecular formula is C25H34N4O. The van der Waals surface area contributed by atoms with E-state index in [2.05, 4.69) is 56.5 Å². The Balaban J connectivity index is 1.11. The summed E-state index contributed by atoms with van der Waals surface area (Å²) in [5.41, 5.74) is 2.63. The van der Waals surface area contributed by atoms with E-state index in [1.165, 1.54) is 24.0 Å². The SMILES string of the molecule is O=C(CCC1CCN(Cc2cccnc2)CC1)NC1CCN(Cc2ccccc2)C1. The first-order valence-corrected chi connectivity index (χ1v) is 11.4. The number of amides is 1. The van der Waals surface area contributed by atoms with Crippen molar-refractivity contribution in [2.75, 3.05) is 26.2 Å². The molecular weight excluding hydrogens is 372 g/mol. The molecule has 0 saturated carbocycles. The van der Waals surface area contributed by atoms with E-state index in [-0.39, 0.29) is 5.91 Å². The molecule has 1 atom stereocenters. The van der Waals surface area contributed by atoms with Crippen molar-refractivity contribution in [3.8, 4) is 0 Å². The Labute approximate surface area is 180 Å². The van der Waals surface area contributed by atoms with Gasteiger partial charge in [0.15, 0.2) is 0 Å². The summed E-state index contributed by atoms with van der Waals surface area (Å²) >= 11 is 0. The zero-order valence-corrected chi connectivity index (χ0v) is 17.9. The van der Waals surface area contributed by atoms with E-state index in [0.717, 1.165) is 52.1 Å². The summed E-state index contributed by atoms with van der Waals surface area (Å²) < 4.78 is 0. The second-order valence-electron chi connectivity index (χ2n) is 8.89. The number of nitrogens with one attached hydrogen (secondary N) is 1. The maximum absolute atomic E-state index is 12.5. The van der Waals surface area contributed by atoms with E-state index >= 15 is 0 Å². The lowest BCUT2D eigenvalue weighted by atomic mass is 9.92. The molecule has 0 spiro atoms. The average Bonchev–Trinajstić information content (AvgIpc) is 3.21. The van der Waals surface area contributed by atoms with Crippen LogP contribution in [0, 0.1) is 5.92 Å². The third-order valence-electron chi connectivity index (χ3n) is 6.50. The third-order valence-corrected chi connectivity index (χ3v) is 6.50. The van der Waals surface area contributed by atoms with Crippen molar-refractivity contribution in [2.24, 2.45) is 5.92 Å². The molecule has 2 saturated heterocycles. The van der Waals surface area contributed by atoms with Gasteiger partial charge >= 0.3 is 0 Å². The number of rotatable bonds is 8. The molecule has 2 fully saturated rings. The van der Waals surface area contributed by atoms with Gasteiger partial charge in [-0.15, -0.1) is 0 Å². The summed E-state index contributed by atoms with van der Waals surface area (Å²) in [7, 11) is 0. The second-order valence-corrected chi connectivity index (χ2v) is 8.89. The van der Waals surface area contributed by atoms with Crippen LogP contribution in [0.25, 0.3) is 0 Å². The van der Waals surface area contributed by atoms with Gasteiger partial charge in [0.1, 0.15) is 0 Å². The van der Waals surface area contributed by atoms with Gasteiger partial charge in [-0.25, -0.2) is 0 Å². The minimum absolute atomic E-state index is 0.236. The first-order chi connectivity index (χ1) is 14.7. The summed E-state index contributed by atoms with van der Waals surface area (Å²) in [6.07, 6.45) is 8.93. The summed E-state index contributed by atoms with van der Waals surface area (Å²) in [6, 6.07) is 15.0. The number of hydrogen-bond donors (Lipinski definition) is 1. The van der Waals surface area contributed by atoms with Gasteiger partial charge in [-0.05, 0) is 61.9 Å².